The molecule has 0 saturated carbocycles. The molecule has 0 bridgehead atoms. The van der Waals surface area contributed by atoms with E-state index in [1.807, 2.05) is 74.5 Å². The van der Waals surface area contributed by atoms with E-state index in [9.17, 15) is 24.0 Å². The molecule has 0 saturated heterocycles. The number of aromatic nitrogens is 2. The van der Waals surface area contributed by atoms with Gasteiger partial charge < -0.3 is 26.4 Å². The molecule has 0 aliphatic rings. The van der Waals surface area contributed by atoms with E-state index in [1.165, 1.54) is 16.8 Å². The molecule has 2 aromatic carbocycles. The maximum absolute atomic E-state index is 13.4. The first-order valence-corrected chi connectivity index (χ1v) is 14.6. The van der Waals surface area contributed by atoms with Crippen molar-refractivity contribution in [2.24, 2.45) is 5.92 Å². The number of ether oxygens (including phenoxy) is 1. The minimum atomic E-state index is -1.14. The molecule has 234 valence electrons. The van der Waals surface area contributed by atoms with Gasteiger partial charge in [-0.25, -0.2) is 14.6 Å². The quantitative estimate of drug-likeness (QED) is 0.142. The summed E-state index contributed by atoms with van der Waals surface area (Å²) in [5.74, 6) is -2.01. The van der Waals surface area contributed by atoms with E-state index in [0.717, 1.165) is 11.1 Å². The van der Waals surface area contributed by atoms with Crippen LogP contribution in [0, 0.1) is 5.92 Å². The summed E-state index contributed by atoms with van der Waals surface area (Å²) in [6, 6.07) is 17.9. The molecule has 1 heterocycles. The van der Waals surface area contributed by atoms with Crippen LogP contribution in [0.15, 0.2) is 77.7 Å². The second-order valence-electron chi connectivity index (χ2n) is 10.8. The van der Waals surface area contributed by atoms with Crippen molar-refractivity contribution >= 4 is 29.5 Å². The van der Waals surface area contributed by atoms with E-state index < -0.39 is 41.5 Å². The highest BCUT2D eigenvalue weighted by atomic mass is 16.5. The molecule has 12 nitrogen and oxygen atoms in total. The predicted octanol–water partition coefficient (Wildman–Crippen LogP) is 2.36. The van der Waals surface area contributed by atoms with Gasteiger partial charge in [-0.05, 0) is 48.8 Å². The molecule has 0 fully saturated rings. The van der Waals surface area contributed by atoms with E-state index in [4.69, 9.17) is 10.5 Å². The van der Waals surface area contributed by atoms with E-state index in [-0.39, 0.29) is 44.3 Å². The van der Waals surface area contributed by atoms with Gasteiger partial charge in [-0.1, -0.05) is 74.5 Å². The monoisotopic (exact) mass is 604 g/mol. The van der Waals surface area contributed by atoms with E-state index in [0.29, 0.717) is 12.8 Å². The molecule has 0 aliphatic heterocycles. The normalized spacial score (nSPS) is 12.2. The molecule has 12 heteroatoms. The largest absolute Gasteiger partial charge is 0.445 e. The van der Waals surface area contributed by atoms with Gasteiger partial charge in [-0.3, -0.25) is 19.0 Å². The average molecular weight is 605 g/mol. The summed E-state index contributed by atoms with van der Waals surface area (Å²) in [6.07, 6.45) is 1.74. The van der Waals surface area contributed by atoms with Crippen molar-refractivity contribution < 1.29 is 23.9 Å². The SMILES string of the molecule is CC(C)C[C@H](NC(=O)OCc1ccccc1)C(=O)NC(CCc1ccccc1)C(=O)C(=O)NCCCn1c(N)ccnc1=O. The minimum Gasteiger partial charge on any atom is -0.445 e. The van der Waals surface area contributed by atoms with Crippen LogP contribution in [0.25, 0.3) is 0 Å². The Morgan fingerprint density at radius 2 is 1.57 bits per heavy atom. The highest BCUT2D eigenvalue weighted by Crippen LogP contribution is 2.10. The maximum atomic E-state index is 13.4. The fraction of sp³-hybridized carbons (Fsp3) is 0.375. The van der Waals surface area contributed by atoms with E-state index in [1.54, 1.807) is 0 Å². The number of nitrogen functional groups attached to an aromatic ring is 1. The second-order valence-corrected chi connectivity index (χ2v) is 10.8. The number of hydrogen-bond acceptors (Lipinski definition) is 8. The maximum Gasteiger partial charge on any atom is 0.408 e. The Kier molecular flexibility index (Phi) is 13.1. The zero-order valence-electron chi connectivity index (χ0n) is 25.0. The van der Waals surface area contributed by atoms with Crippen molar-refractivity contribution in [1.82, 2.24) is 25.5 Å². The summed E-state index contributed by atoms with van der Waals surface area (Å²) in [5, 5.41) is 7.86. The standard InChI is InChI=1S/C32H40N6O6/c1-22(2)20-26(37-32(43)44-21-24-12-7-4-8-13-24)29(40)36-25(15-14-23-10-5-3-6-11-23)28(39)30(41)34-17-9-19-38-27(33)16-18-35-31(38)42/h3-8,10-13,16,18,22,25-26H,9,14-15,17,19-21,33H2,1-2H3,(H,34,41)(H,36,40)(H,37,43)/t25?,26-/m0/s1. The second kappa shape index (κ2) is 17.2. The summed E-state index contributed by atoms with van der Waals surface area (Å²) in [5.41, 5.74) is 7.03. The molecule has 44 heavy (non-hydrogen) atoms. The number of alkyl carbamates (subject to hydrolysis) is 1. The molecule has 3 aromatic rings. The molecule has 2 atom stereocenters. The zero-order valence-corrected chi connectivity index (χ0v) is 25.0. The minimum absolute atomic E-state index is 0.0308. The number of hydrogen-bond donors (Lipinski definition) is 4. The number of aryl methyl sites for hydroxylation is 1. The van der Waals surface area contributed by atoms with Crippen LogP contribution in [0.4, 0.5) is 10.6 Å². The van der Waals surface area contributed by atoms with Crippen LogP contribution in [-0.4, -0.2) is 51.9 Å². The molecule has 0 aliphatic carbocycles. The summed E-state index contributed by atoms with van der Waals surface area (Å²) < 4.78 is 6.56. The number of benzene rings is 2. The molecule has 0 spiro atoms. The Hall–Kier alpha value is -5.00. The third-order valence-corrected chi connectivity index (χ3v) is 6.77. The summed E-state index contributed by atoms with van der Waals surface area (Å²) in [4.78, 5) is 67.7. The molecule has 1 unspecified atom stereocenters. The van der Waals surface area contributed by atoms with Crippen LogP contribution in [-0.2, 0) is 38.7 Å². The van der Waals surface area contributed by atoms with Crippen LogP contribution >= 0.6 is 0 Å². The fourth-order valence-corrected chi connectivity index (χ4v) is 4.46. The van der Waals surface area contributed by atoms with Crippen LogP contribution < -0.4 is 27.4 Å². The number of nitrogens with one attached hydrogen (secondary N) is 3. The summed E-state index contributed by atoms with van der Waals surface area (Å²) in [6.45, 7) is 4.12. The molecular weight excluding hydrogens is 564 g/mol. The predicted molar refractivity (Wildman–Crippen MR) is 165 cm³/mol. The van der Waals surface area contributed by atoms with Gasteiger partial charge in [0.25, 0.3) is 5.91 Å². The number of anilines is 1. The molecule has 3 rings (SSSR count). The third-order valence-electron chi connectivity index (χ3n) is 6.77. The molecular formula is C32H40N6O6. The first kappa shape index (κ1) is 33.5. The lowest BCUT2D eigenvalue weighted by atomic mass is 9.99. The van der Waals surface area contributed by atoms with Gasteiger partial charge in [0.15, 0.2) is 0 Å². The van der Waals surface area contributed by atoms with Crippen molar-refractivity contribution in [1.29, 1.82) is 0 Å². The highest BCUT2D eigenvalue weighted by molar-refractivity contribution is 6.38. The number of rotatable bonds is 16. The van der Waals surface area contributed by atoms with Gasteiger partial charge in [0.1, 0.15) is 18.5 Å². The van der Waals surface area contributed by atoms with Crippen LogP contribution in [0.3, 0.4) is 0 Å². The lowest BCUT2D eigenvalue weighted by Gasteiger charge is -2.23. The number of Topliss-reactive ketones (excluding diaryl/α,β-unsaturated/α-hetero) is 1. The van der Waals surface area contributed by atoms with E-state index in [2.05, 4.69) is 20.9 Å². The number of carbonyl (C=O) groups excluding carboxylic acids is 4. The van der Waals surface area contributed by atoms with Gasteiger partial charge in [0, 0.05) is 19.3 Å². The average Bonchev–Trinajstić information content (AvgIpc) is 3.01. The molecule has 0 radical (unpaired) electrons. The Bertz CT molecular complexity index is 1440. The lowest BCUT2D eigenvalue weighted by molar-refractivity contribution is -0.140. The highest BCUT2D eigenvalue weighted by Gasteiger charge is 2.30. The van der Waals surface area contributed by atoms with Crippen molar-refractivity contribution in [3.05, 3.63) is 94.5 Å². The molecule has 5 N–H and O–H groups in total. The summed E-state index contributed by atoms with van der Waals surface area (Å²) >= 11 is 0. The van der Waals surface area contributed by atoms with Crippen LogP contribution in [0.2, 0.25) is 0 Å². The number of nitrogens with zero attached hydrogens (tertiary/aromatic N) is 2. The fourth-order valence-electron chi connectivity index (χ4n) is 4.46. The van der Waals surface area contributed by atoms with Gasteiger partial charge in [0.2, 0.25) is 11.7 Å². The topological polar surface area (TPSA) is 175 Å². The Morgan fingerprint density at radius 3 is 2.20 bits per heavy atom. The van der Waals surface area contributed by atoms with Gasteiger partial charge >= 0.3 is 11.8 Å². The number of ketones is 1. The van der Waals surface area contributed by atoms with Crippen molar-refractivity contribution in [2.75, 3.05) is 12.3 Å². The lowest BCUT2D eigenvalue weighted by Crippen LogP contribution is -2.54. The van der Waals surface area contributed by atoms with Gasteiger partial charge in [-0.15, -0.1) is 0 Å². The van der Waals surface area contributed by atoms with Crippen LogP contribution in [0.5, 0.6) is 0 Å². The number of nitrogens with two attached hydrogens (primary N) is 1. The Balaban J connectivity index is 1.64. The van der Waals surface area contributed by atoms with Crippen LogP contribution in [0.1, 0.15) is 44.2 Å². The van der Waals surface area contributed by atoms with Gasteiger partial charge in [-0.2, -0.15) is 0 Å². The first-order valence-electron chi connectivity index (χ1n) is 14.6. The summed E-state index contributed by atoms with van der Waals surface area (Å²) in [7, 11) is 0. The van der Waals surface area contributed by atoms with Crippen molar-refractivity contribution in [3.63, 3.8) is 0 Å². The molecule has 1 aromatic heterocycles. The Labute approximate surface area is 256 Å². The van der Waals surface area contributed by atoms with Crippen molar-refractivity contribution in [2.45, 2.75) is 64.8 Å². The smallest absolute Gasteiger partial charge is 0.408 e. The number of carbonyl (C=O) groups is 4. The van der Waals surface area contributed by atoms with Gasteiger partial charge in [0.05, 0.1) is 6.04 Å². The third kappa shape index (κ3) is 11.0. The zero-order chi connectivity index (χ0) is 31.9. The molecule has 3 amide bonds. The van der Waals surface area contributed by atoms with E-state index >= 15 is 0 Å². The Morgan fingerprint density at radius 1 is 0.909 bits per heavy atom. The first-order chi connectivity index (χ1) is 21.1. The van der Waals surface area contributed by atoms with Crippen molar-refractivity contribution in [3.8, 4) is 0 Å². The number of amides is 3.